The minimum atomic E-state index is -0.361. The summed E-state index contributed by atoms with van der Waals surface area (Å²) in [5.41, 5.74) is 0.516. The van der Waals surface area contributed by atoms with Crippen LogP contribution in [0.15, 0.2) is 29.4 Å². The van der Waals surface area contributed by atoms with E-state index in [9.17, 15) is 14.0 Å². The van der Waals surface area contributed by atoms with Crippen LogP contribution in [0.3, 0.4) is 0 Å². The van der Waals surface area contributed by atoms with Crippen LogP contribution in [-0.4, -0.2) is 38.4 Å². The molecule has 0 unspecified atom stereocenters. The van der Waals surface area contributed by atoms with Crippen molar-refractivity contribution in [1.29, 1.82) is 0 Å². The first-order chi connectivity index (χ1) is 13.9. The van der Waals surface area contributed by atoms with Crippen molar-refractivity contribution in [3.05, 3.63) is 35.9 Å². The quantitative estimate of drug-likeness (QED) is 0.674. The van der Waals surface area contributed by atoms with E-state index in [1.54, 1.807) is 11.6 Å². The number of hydrogen-bond acceptors (Lipinski definition) is 5. The van der Waals surface area contributed by atoms with Crippen molar-refractivity contribution in [3.63, 3.8) is 0 Å². The molecular weight excluding hydrogens is 393 g/mol. The maximum Gasteiger partial charge on any atom is 0.232 e. The molecule has 0 bridgehead atoms. The monoisotopic (exact) mass is 419 g/mol. The molecule has 1 heterocycles. The van der Waals surface area contributed by atoms with Gasteiger partial charge in [-0.15, -0.1) is 10.2 Å². The number of nitrogens with zero attached hydrogens (tertiary/aromatic N) is 3. The zero-order chi connectivity index (χ0) is 20.8. The molecule has 2 amide bonds. The second-order valence-electron chi connectivity index (χ2n) is 7.41. The predicted octanol–water partition coefficient (Wildman–Crippen LogP) is 2.92. The zero-order valence-corrected chi connectivity index (χ0v) is 17.5. The lowest BCUT2D eigenvalue weighted by Crippen LogP contribution is -2.41. The number of carbonyl (C=O) groups excluding carboxylic acids is 2. The Balaban J connectivity index is 1.49. The molecule has 29 heavy (non-hydrogen) atoms. The van der Waals surface area contributed by atoms with Gasteiger partial charge < -0.3 is 15.2 Å². The molecule has 1 aromatic carbocycles. The first-order valence-electron chi connectivity index (χ1n) is 9.78. The first-order valence-corrected chi connectivity index (χ1v) is 10.8. The number of benzene rings is 1. The fraction of sp³-hybridized carbons (Fsp3) is 0.500. The number of anilines is 1. The number of hydrogen-bond donors (Lipinski definition) is 2. The molecule has 2 atom stereocenters. The molecule has 1 fully saturated rings. The molecule has 1 aliphatic rings. The first kappa shape index (κ1) is 21.3. The molecular formula is C20H26FN5O2S. The fourth-order valence-electron chi connectivity index (χ4n) is 3.42. The third-order valence-electron chi connectivity index (χ3n) is 5.16. The standard InChI is InChI=1S/C20H26FN5O2S/c1-13-5-3-4-6-16(13)23-19(28)12-29-20-25-24-17(26(20)2)11-18(27)22-15-9-7-14(21)8-10-15/h7-10,13,16H,3-6,11-12H2,1-2H3,(H,22,27)(H,23,28)/t13-,16-/m0/s1. The Kier molecular flexibility index (Phi) is 7.24. The molecule has 2 aromatic rings. The third kappa shape index (κ3) is 6.03. The van der Waals surface area contributed by atoms with Crippen molar-refractivity contribution < 1.29 is 14.0 Å². The Morgan fingerprint density at radius 2 is 1.90 bits per heavy atom. The van der Waals surface area contributed by atoms with Gasteiger partial charge in [-0.3, -0.25) is 9.59 Å². The fourth-order valence-corrected chi connectivity index (χ4v) is 4.16. The van der Waals surface area contributed by atoms with Crippen LogP contribution in [0.5, 0.6) is 0 Å². The normalized spacial score (nSPS) is 19.0. The molecule has 7 nitrogen and oxygen atoms in total. The molecule has 0 spiro atoms. The average molecular weight is 420 g/mol. The van der Waals surface area contributed by atoms with Crippen molar-refractivity contribution in [3.8, 4) is 0 Å². The van der Waals surface area contributed by atoms with Crippen LogP contribution < -0.4 is 10.6 Å². The minimum absolute atomic E-state index is 0.00708. The van der Waals surface area contributed by atoms with Crippen LogP contribution in [0.1, 0.15) is 38.4 Å². The van der Waals surface area contributed by atoms with Gasteiger partial charge in [-0.25, -0.2) is 4.39 Å². The maximum absolute atomic E-state index is 12.9. The third-order valence-corrected chi connectivity index (χ3v) is 6.18. The molecule has 1 aliphatic carbocycles. The van der Waals surface area contributed by atoms with Crippen molar-refractivity contribution in [1.82, 2.24) is 20.1 Å². The van der Waals surface area contributed by atoms with Gasteiger partial charge in [0.25, 0.3) is 0 Å². The van der Waals surface area contributed by atoms with E-state index in [1.807, 2.05) is 0 Å². The second kappa shape index (κ2) is 9.87. The highest BCUT2D eigenvalue weighted by molar-refractivity contribution is 7.99. The smallest absolute Gasteiger partial charge is 0.232 e. The summed E-state index contributed by atoms with van der Waals surface area (Å²) in [5, 5.41) is 14.5. The summed E-state index contributed by atoms with van der Waals surface area (Å²) in [6.45, 7) is 2.18. The Morgan fingerprint density at radius 3 is 2.62 bits per heavy atom. The van der Waals surface area contributed by atoms with E-state index < -0.39 is 0 Å². The number of halogens is 1. The molecule has 2 N–H and O–H groups in total. The number of nitrogens with one attached hydrogen (secondary N) is 2. The van der Waals surface area contributed by atoms with Crippen LogP contribution >= 0.6 is 11.8 Å². The van der Waals surface area contributed by atoms with Crippen molar-refractivity contribution in [2.24, 2.45) is 13.0 Å². The summed E-state index contributed by atoms with van der Waals surface area (Å²) < 4.78 is 14.7. The number of carbonyl (C=O) groups is 2. The summed E-state index contributed by atoms with van der Waals surface area (Å²) in [6.07, 6.45) is 4.63. The highest BCUT2D eigenvalue weighted by atomic mass is 32.2. The highest BCUT2D eigenvalue weighted by Gasteiger charge is 2.23. The average Bonchev–Trinajstić information content (AvgIpc) is 3.03. The van der Waals surface area contributed by atoms with E-state index in [0.29, 0.717) is 22.6 Å². The van der Waals surface area contributed by atoms with E-state index >= 15 is 0 Å². The van der Waals surface area contributed by atoms with Crippen LogP contribution in [0.4, 0.5) is 10.1 Å². The van der Waals surface area contributed by atoms with Crippen LogP contribution in [0.2, 0.25) is 0 Å². The number of aromatic nitrogens is 3. The topological polar surface area (TPSA) is 88.9 Å². The van der Waals surface area contributed by atoms with Gasteiger partial charge in [0, 0.05) is 18.8 Å². The lowest BCUT2D eigenvalue weighted by atomic mass is 9.86. The Labute approximate surface area is 173 Å². The number of amides is 2. The van der Waals surface area contributed by atoms with Crippen molar-refractivity contribution >= 4 is 29.3 Å². The summed E-state index contributed by atoms with van der Waals surface area (Å²) in [5.74, 6) is 0.629. The summed E-state index contributed by atoms with van der Waals surface area (Å²) >= 11 is 1.30. The molecule has 0 radical (unpaired) electrons. The Hall–Kier alpha value is -2.42. The van der Waals surface area contributed by atoms with Crippen molar-refractivity contribution in [2.75, 3.05) is 11.1 Å². The van der Waals surface area contributed by atoms with Gasteiger partial charge in [0.15, 0.2) is 5.16 Å². The van der Waals surface area contributed by atoms with Crippen LogP contribution in [0.25, 0.3) is 0 Å². The van der Waals surface area contributed by atoms with Crippen LogP contribution in [-0.2, 0) is 23.1 Å². The van der Waals surface area contributed by atoms with E-state index in [2.05, 4.69) is 27.8 Å². The van der Waals surface area contributed by atoms with Crippen molar-refractivity contribution in [2.45, 2.75) is 50.2 Å². The van der Waals surface area contributed by atoms with Gasteiger partial charge in [0.2, 0.25) is 11.8 Å². The summed E-state index contributed by atoms with van der Waals surface area (Å²) in [4.78, 5) is 24.5. The minimum Gasteiger partial charge on any atom is -0.352 e. The molecule has 3 rings (SSSR count). The zero-order valence-electron chi connectivity index (χ0n) is 16.7. The second-order valence-corrected chi connectivity index (χ2v) is 8.36. The highest BCUT2D eigenvalue weighted by Crippen LogP contribution is 2.24. The number of rotatable bonds is 7. The molecule has 1 saturated carbocycles. The maximum atomic E-state index is 12.9. The van der Waals surface area contributed by atoms with E-state index in [0.717, 1.165) is 19.3 Å². The van der Waals surface area contributed by atoms with Gasteiger partial charge in [0.1, 0.15) is 11.6 Å². The molecule has 156 valence electrons. The van der Waals surface area contributed by atoms with E-state index in [-0.39, 0.29) is 35.8 Å². The SMILES string of the molecule is C[C@H]1CCCC[C@@H]1NC(=O)CSc1nnc(CC(=O)Nc2ccc(F)cc2)n1C. The summed E-state index contributed by atoms with van der Waals surface area (Å²) in [6, 6.07) is 5.81. The lowest BCUT2D eigenvalue weighted by molar-refractivity contribution is -0.120. The molecule has 9 heteroatoms. The van der Waals surface area contributed by atoms with Gasteiger partial charge in [-0.1, -0.05) is 31.5 Å². The Morgan fingerprint density at radius 1 is 1.17 bits per heavy atom. The van der Waals surface area contributed by atoms with Gasteiger partial charge in [-0.2, -0.15) is 0 Å². The lowest BCUT2D eigenvalue weighted by Gasteiger charge is -2.29. The predicted molar refractivity (Wildman–Crippen MR) is 110 cm³/mol. The Bertz CT molecular complexity index is 855. The van der Waals surface area contributed by atoms with Gasteiger partial charge in [-0.05, 0) is 43.0 Å². The summed E-state index contributed by atoms with van der Waals surface area (Å²) in [7, 11) is 1.77. The van der Waals surface area contributed by atoms with E-state index in [1.165, 1.54) is 42.4 Å². The molecule has 0 aliphatic heterocycles. The van der Waals surface area contributed by atoms with Crippen LogP contribution in [0, 0.1) is 11.7 Å². The largest absolute Gasteiger partial charge is 0.352 e. The van der Waals surface area contributed by atoms with Gasteiger partial charge in [0.05, 0.1) is 12.2 Å². The van der Waals surface area contributed by atoms with E-state index in [4.69, 9.17) is 0 Å². The molecule has 1 aromatic heterocycles. The van der Waals surface area contributed by atoms with Gasteiger partial charge >= 0.3 is 0 Å². The molecule has 0 saturated heterocycles. The number of thioether (sulfide) groups is 1.